The van der Waals surface area contributed by atoms with E-state index >= 15 is 0 Å². The van der Waals surface area contributed by atoms with Crippen LogP contribution in [0.1, 0.15) is 50.5 Å². The molecule has 0 saturated carbocycles. The minimum absolute atomic E-state index is 0.0302. The van der Waals surface area contributed by atoms with Crippen LogP contribution in [0.3, 0.4) is 0 Å². The van der Waals surface area contributed by atoms with E-state index in [9.17, 15) is 14.0 Å². The van der Waals surface area contributed by atoms with Gasteiger partial charge >= 0.3 is 0 Å². The number of piperidine rings is 1. The molecule has 3 rings (SSSR count). The van der Waals surface area contributed by atoms with Crippen molar-refractivity contribution >= 4 is 11.8 Å². The summed E-state index contributed by atoms with van der Waals surface area (Å²) in [6.07, 6.45) is 4.68. The third-order valence-electron chi connectivity index (χ3n) is 5.61. The van der Waals surface area contributed by atoms with Gasteiger partial charge < -0.3 is 9.80 Å². The Hall–Kier alpha value is -1.91. The van der Waals surface area contributed by atoms with Crippen molar-refractivity contribution in [1.82, 2.24) is 9.80 Å². The van der Waals surface area contributed by atoms with Gasteiger partial charge in [-0.05, 0) is 43.4 Å². The highest BCUT2D eigenvalue weighted by molar-refractivity contribution is 5.80. The van der Waals surface area contributed by atoms with Crippen molar-refractivity contribution in [3.63, 3.8) is 0 Å². The van der Waals surface area contributed by atoms with Gasteiger partial charge in [0.05, 0.1) is 0 Å². The van der Waals surface area contributed by atoms with Crippen LogP contribution in [-0.4, -0.2) is 47.8 Å². The average molecular weight is 346 g/mol. The number of amides is 2. The maximum absolute atomic E-state index is 13.2. The largest absolute Gasteiger partial charge is 0.343 e. The van der Waals surface area contributed by atoms with E-state index in [-0.39, 0.29) is 29.5 Å². The fourth-order valence-electron chi connectivity index (χ4n) is 4.05. The molecule has 0 spiro atoms. The highest BCUT2D eigenvalue weighted by Crippen LogP contribution is 2.29. The topological polar surface area (TPSA) is 40.6 Å². The quantitative estimate of drug-likeness (QED) is 0.825. The van der Waals surface area contributed by atoms with Crippen molar-refractivity contribution in [1.29, 1.82) is 0 Å². The van der Waals surface area contributed by atoms with Crippen LogP contribution < -0.4 is 0 Å². The molecule has 4 nitrogen and oxygen atoms in total. The molecule has 1 unspecified atom stereocenters. The standard InChI is InChI=1S/C20H27FN2O2/c1-15(24)22-12-9-17(10-13-22)20(25)23-11-3-2-4-18(14-23)16-5-7-19(21)8-6-16/h5-8,17-18H,2-4,9-14H2,1H3. The normalized spacial score (nSPS) is 22.6. The predicted octanol–water partition coefficient (Wildman–Crippen LogP) is 3.18. The van der Waals surface area contributed by atoms with E-state index < -0.39 is 0 Å². The zero-order valence-electron chi connectivity index (χ0n) is 14.9. The van der Waals surface area contributed by atoms with Crippen molar-refractivity contribution < 1.29 is 14.0 Å². The van der Waals surface area contributed by atoms with Crippen LogP contribution in [0.4, 0.5) is 4.39 Å². The van der Waals surface area contributed by atoms with Crippen LogP contribution in [0.25, 0.3) is 0 Å². The van der Waals surface area contributed by atoms with Crippen molar-refractivity contribution in [2.75, 3.05) is 26.2 Å². The minimum Gasteiger partial charge on any atom is -0.343 e. The number of halogens is 1. The molecule has 1 aromatic carbocycles. The second-order valence-electron chi connectivity index (χ2n) is 7.31. The summed E-state index contributed by atoms with van der Waals surface area (Å²) in [5, 5.41) is 0. The molecule has 2 heterocycles. The van der Waals surface area contributed by atoms with Gasteiger partial charge in [-0.25, -0.2) is 4.39 Å². The Morgan fingerprint density at radius 3 is 2.28 bits per heavy atom. The van der Waals surface area contributed by atoms with Crippen molar-refractivity contribution in [3.05, 3.63) is 35.6 Å². The molecule has 136 valence electrons. The van der Waals surface area contributed by atoms with E-state index in [1.807, 2.05) is 21.9 Å². The Morgan fingerprint density at radius 1 is 0.960 bits per heavy atom. The van der Waals surface area contributed by atoms with Gasteiger partial charge in [-0.15, -0.1) is 0 Å². The summed E-state index contributed by atoms with van der Waals surface area (Å²) < 4.78 is 13.2. The zero-order valence-corrected chi connectivity index (χ0v) is 14.9. The summed E-state index contributed by atoms with van der Waals surface area (Å²) >= 11 is 0. The molecule has 0 radical (unpaired) electrons. The Morgan fingerprint density at radius 2 is 1.64 bits per heavy atom. The van der Waals surface area contributed by atoms with E-state index in [1.54, 1.807) is 6.92 Å². The molecule has 2 aliphatic rings. The smallest absolute Gasteiger partial charge is 0.225 e. The van der Waals surface area contributed by atoms with Crippen molar-refractivity contribution in [2.24, 2.45) is 5.92 Å². The van der Waals surface area contributed by atoms with Gasteiger partial charge in [0.15, 0.2) is 0 Å². The van der Waals surface area contributed by atoms with Crippen LogP contribution >= 0.6 is 0 Å². The Labute approximate surface area is 149 Å². The van der Waals surface area contributed by atoms with Crippen molar-refractivity contribution in [2.45, 2.75) is 44.9 Å². The molecule has 0 N–H and O–H groups in total. The van der Waals surface area contributed by atoms with Crippen LogP contribution in [0.15, 0.2) is 24.3 Å². The summed E-state index contributed by atoms with van der Waals surface area (Å²) in [7, 11) is 0. The molecule has 25 heavy (non-hydrogen) atoms. The number of likely N-dealkylation sites (tertiary alicyclic amines) is 2. The molecular weight excluding hydrogens is 319 g/mol. The van der Waals surface area contributed by atoms with Crippen LogP contribution in [-0.2, 0) is 9.59 Å². The molecule has 0 aliphatic carbocycles. The number of carbonyl (C=O) groups excluding carboxylic acids is 2. The fourth-order valence-corrected chi connectivity index (χ4v) is 4.05. The Bertz CT molecular complexity index is 609. The third-order valence-corrected chi connectivity index (χ3v) is 5.61. The number of nitrogens with zero attached hydrogens (tertiary/aromatic N) is 2. The van der Waals surface area contributed by atoms with Gasteiger partial charge in [0.2, 0.25) is 11.8 Å². The van der Waals surface area contributed by atoms with Gasteiger partial charge in [0.25, 0.3) is 0 Å². The summed E-state index contributed by atoms with van der Waals surface area (Å²) in [6, 6.07) is 6.70. The van der Waals surface area contributed by atoms with E-state index in [0.29, 0.717) is 13.1 Å². The molecule has 2 aliphatic heterocycles. The lowest BCUT2D eigenvalue weighted by atomic mass is 9.92. The van der Waals surface area contributed by atoms with Crippen LogP contribution in [0.2, 0.25) is 0 Å². The third kappa shape index (κ3) is 4.39. The van der Waals surface area contributed by atoms with Crippen LogP contribution in [0, 0.1) is 11.7 Å². The lowest BCUT2D eigenvalue weighted by molar-refractivity contribution is -0.140. The first-order valence-corrected chi connectivity index (χ1v) is 9.34. The van der Waals surface area contributed by atoms with Gasteiger partial charge in [-0.3, -0.25) is 9.59 Å². The van der Waals surface area contributed by atoms with Gasteiger partial charge in [-0.1, -0.05) is 18.6 Å². The van der Waals surface area contributed by atoms with E-state index in [2.05, 4.69) is 0 Å². The number of benzene rings is 1. The number of rotatable bonds is 2. The first kappa shape index (κ1) is 17.9. The lowest BCUT2D eigenvalue weighted by Crippen LogP contribution is -2.44. The molecule has 0 aromatic heterocycles. The van der Waals surface area contributed by atoms with E-state index in [4.69, 9.17) is 0 Å². The Kier molecular flexibility index (Phi) is 5.71. The molecular formula is C20H27FN2O2. The highest BCUT2D eigenvalue weighted by atomic mass is 19.1. The highest BCUT2D eigenvalue weighted by Gasteiger charge is 2.31. The second kappa shape index (κ2) is 7.98. The molecule has 1 aromatic rings. The van der Waals surface area contributed by atoms with Gasteiger partial charge in [0.1, 0.15) is 5.82 Å². The maximum Gasteiger partial charge on any atom is 0.225 e. The summed E-state index contributed by atoms with van der Waals surface area (Å²) in [5.74, 6) is 0.420. The molecule has 2 saturated heterocycles. The molecule has 1 atom stereocenters. The van der Waals surface area contributed by atoms with E-state index in [0.717, 1.165) is 50.8 Å². The first-order chi connectivity index (χ1) is 12.0. The average Bonchev–Trinajstić information content (AvgIpc) is 2.88. The van der Waals surface area contributed by atoms with Gasteiger partial charge in [0, 0.05) is 44.9 Å². The first-order valence-electron chi connectivity index (χ1n) is 9.34. The van der Waals surface area contributed by atoms with Crippen LogP contribution in [0.5, 0.6) is 0 Å². The summed E-state index contributed by atoms with van der Waals surface area (Å²) in [4.78, 5) is 28.3. The predicted molar refractivity (Wildman–Crippen MR) is 94.6 cm³/mol. The number of carbonyl (C=O) groups is 2. The maximum atomic E-state index is 13.2. The molecule has 5 heteroatoms. The summed E-state index contributed by atoms with van der Waals surface area (Å²) in [6.45, 7) is 4.48. The molecule has 2 amide bonds. The lowest BCUT2D eigenvalue weighted by Gasteiger charge is -2.34. The van der Waals surface area contributed by atoms with E-state index in [1.165, 1.54) is 12.1 Å². The Balaban J connectivity index is 1.63. The second-order valence-corrected chi connectivity index (χ2v) is 7.31. The van der Waals surface area contributed by atoms with Crippen molar-refractivity contribution in [3.8, 4) is 0 Å². The molecule has 2 fully saturated rings. The SMILES string of the molecule is CC(=O)N1CCC(C(=O)N2CCCCC(c3ccc(F)cc3)C2)CC1. The monoisotopic (exact) mass is 346 g/mol. The van der Waals surface area contributed by atoms with Gasteiger partial charge in [-0.2, -0.15) is 0 Å². The number of hydrogen-bond acceptors (Lipinski definition) is 2. The minimum atomic E-state index is -0.220. The zero-order chi connectivity index (χ0) is 17.8. The molecule has 0 bridgehead atoms. The summed E-state index contributed by atoms with van der Waals surface area (Å²) in [5.41, 5.74) is 1.12. The number of hydrogen-bond donors (Lipinski definition) is 0. The fraction of sp³-hybridized carbons (Fsp3) is 0.600.